The van der Waals surface area contributed by atoms with Crippen LogP contribution in [-0.4, -0.2) is 12.6 Å². The lowest BCUT2D eigenvalue weighted by Crippen LogP contribution is -2.07. The van der Waals surface area contributed by atoms with E-state index < -0.39 is 11.8 Å². The molecule has 0 amide bonds. The summed E-state index contributed by atoms with van der Waals surface area (Å²) in [5.74, 6) is -1.17. The smallest absolute Gasteiger partial charge is 0.339 e. The third-order valence-electron chi connectivity index (χ3n) is 1.67. The van der Waals surface area contributed by atoms with Crippen molar-refractivity contribution in [3.63, 3.8) is 0 Å². The fourth-order valence-electron chi connectivity index (χ4n) is 1.000. The molecule has 1 aromatic carbocycles. The van der Waals surface area contributed by atoms with Crippen molar-refractivity contribution in [2.75, 3.05) is 6.61 Å². The zero-order valence-corrected chi connectivity index (χ0v) is 10.0. The van der Waals surface area contributed by atoms with E-state index >= 15 is 0 Å². The monoisotopic (exact) mass is 319 g/mol. The van der Waals surface area contributed by atoms with Crippen molar-refractivity contribution in [2.45, 2.75) is 6.92 Å². The van der Waals surface area contributed by atoms with Crippen molar-refractivity contribution >= 4 is 28.6 Å². The highest BCUT2D eigenvalue weighted by molar-refractivity contribution is 14.1. The molecule has 15 heavy (non-hydrogen) atoms. The Morgan fingerprint density at radius 1 is 1.67 bits per heavy atom. The Kier molecular flexibility index (Phi) is 4.03. The van der Waals surface area contributed by atoms with Gasteiger partial charge in [0.2, 0.25) is 0 Å². The molecule has 0 saturated carbocycles. The minimum absolute atomic E-state index is 0.154. The number of rotatable bonds is 2. The molecule has 1 rings (SSSR count). The number of nitriles is 1. The van der Waals surface area contributed by atoms with Crippen molar-refractivity contribution < 1.29 is 13.9 Å². The number of hydrogen-bond donors (Lipinski definition) is 0. The maximum Gasteiger partial charge on any atom is 0.339 e. The van der Waals surface area contributed by atoms with E-state index in [9.17, 15) is 9.18 Å². The van der Waals surface area contributed by atoms with Crippen LogP contribution >= 0.6 is 22.6 Å². The summed E-state index contributed by atoms with van der Waals surface area (Å²) in [4.78, 5) is 11.4. The van der Waals surface area contributed by atoms with Gasteiger partial charge in [-0.3, -0.25) is 0 Å². The van der Waals surface area contributed by atoms with E-state index in [2.05, 4.69) is 0 Å². The summed E-state index contributed by atoms with van der Waals surface area (Å²) in [6.45, 7) is 1.92. The highest BCUT2D eigenvalue weighted by Crippen LogP contribution is 2.18. The van der Waals surface area contributed by atoms with Crippen molar-refractivity contribution in [3.8, 4) is 6.07 Å². The number of benzene rings is 1. The quantitative estimate of drug-likeness (QED) is 0.622. The fourth-order valence-corrected chi connectivity index (χ4v) is 1.65. The molecular weight excluding hydrogens is 312 g/mol. The molecule has 0 spiro atoms. The molecule has 0 aliphatic heterocycles. The normalized spacial score (nSPS) is 9.47. The Bertz CT molecular complexity index is 440. The molecule has 3 nitrogen and oxygen atoms in total. The van der Waals surface area contributed by atoms with E-state index in [1.54, 1.807) is 13.0 Å². The fraction of sp³-hybridized carbons (Fsp3) is 0.200. The molecule has 0 aromatic heterocycles. The molecule has 1 aromatic rings. The van der Waals surface area contributed by atoms with Gasteiger partial charge < -0.3 is 4.74 Å². The third kappa shape index (κ3) is 2.65. The topological polar surface area (TPSA) is 50.1 Å². The number of halogens is 2. The summed E-state index contributed by atoms with van der Waals surface area (Å²) in [6.07, 6.45) is 0. The van der Waals surface area contributed by atoms with E-state index in [-0.39, 0.29) is 17.7 Å². The van der Waals surface area contributed by atoms with Crippen molar-refractivity contribution in [1.82, 2.24) is 0 Å². The Labute approximate surface area is 100.0 Å². The Hall–Kier alpha value is -1.16. The maximum absolute atomic E-state index is 13.1. The summed E-state index contributed by atoms with van der Waals surface area (Å²) in [6, 6.07) is 4.02. The van der Waals surface area contributed by atoms with Gasteiger partial charge in [0.25, 0.3) is 0 Å². The second-order valence-corrected chi connectivity index (χ2v) is 3.81. The Morgan fingerprint density at radius 2 is 2.33 bits per heavy atom. The lowest BCUT2D eigenvalue weighted by atomic mass is 10.1. The number of carbonyl (C=O) groups is 1. The predicted octanol–water partition coefficient (Wildman–Crippen LogP) is 2.48. The number of hydrogen-bond acceptors (Lipinski definition) is 3. The zero-order chi connectivity index (χ0) is 11.4. The molecule has 78 valence electrons. The van der Waals surface area contributed by atoms with Crippen LogP contribution in [-0.2, 0) is 4.74 Å². The molecule has 0 radical (unpaired) electrons. The molecule has 5 heteroatoms. The first-order valence-corrected chi connectivity index (χ1v) is 5.24. The van der Waals surface area contributed by atoms with Gasteiger partial charge in [-0.1, -0.05) is 0 Å². The number of nitrogens with zero attached hydrogens (tertiary/aromatic N) is 1. The highest BCUT2D eigenvalue weighted by Gasteiger charge is 2.14. The average Bonchev–Trinajstić information content (AvgIpc) is 2.18. The average molecular weight is 319 g/mol. The van der Waals surface area contributed by atoms with Gasteiger partial charge in [0.15, 0.2) is 0 Å². The maximum atomic E-state index is 13.1. The standard InChI is InChI=1S/C10H7FINO2/c1-2-15-10(14)7-3-6(5-13)8(11)4-9(7)12/h3-4H,2H2,1H3. The van der Waals surface area contributed by atoms with Crippen LogP contribution in [0.4, 0.5) is 4.39 Å². The van der Waals surface area contributed by atoms with Gasteiger partial charge in [0.05, 0.1) is 17.7 Å². The van der Waals surface area contributed by atoms with E-state index in [1.165, 1.54) is 6.07 Å². The Balaban J connectivity index is 3.20. The molecule has 0 aliphatic carbocycles. The molecule has 0 bridgehead atoms. The summed E-state index contributed by atoms with van der Waals surface area (Å²) < 4.78 is 18.3. The third-order valence-corrected chi connectivity index (χ3v) is 2.57. The summed E-state index contributed by atoms with van der Waals surface area (Å²) in [7, 11) is 0. The minimum atomic E-state index is -0.630. The molecule has 0 unspecified atom stereocenters. The molecule has 0 atom stereocenters. The van der Waals surface area contributed by atoms with Crippen LogP contribution in [0.3, 0.4) is 0 Å². The molecular formula is C10H7FINO2. The van der Waals surface area contributed by atoms with E-state index in [0.717, 1.165) is 6.07 Å². The van der Waals surface area contributed by atoms with Gasteiger partial charge in [0, 0.05) is 3.57 Å². The molecule has 0 fully saturated rings. The number of ether oxygens (including phenoxy) is 1. The van der Waals surface area contributed by atoms with Crippen LogP contribution in [0, 0.1) is 20.7 Å². The van der Waals surface area contributed by atoms with Gasteiger partial charge in [-0.25, -0.2) is 9.18 Å². The van der Waals surface area contributed by atoms with Gasteiger partial charge in [-0.2, -0.15) is 5.26 Å². The van der Waals surface area contributed by atoms with Crippen molar-refractivity contribution in [1.29, 1.82) is 5.26 Å². The van der Waals surface area contributed by atoms with Crippen LogP contribution in [0.2, 0.25) is 0 Å². The molecule has 0 saturated heterocycles. The first kappa shape index (κ1) is 11.9. The second kappa shape index (κ2) is 5.07. The summed E-state index contributed by atoms with van der Waals surface area (Å²) >= 11 is 1.82. The molecule has 0 N–H and O–H groups in total. The van der Waals surface area contributed by atoms with Crippen LogP contribution in [0.1, 0.15) is 22.8 Å². The van der Waals surface area contributed by atoms with Crippen LogP contribution in [0.25, 0.3) is 0 Å². The second-order valence-electron chi connectivity index (χ2n) is 2.64. The van der Waals surface area contributed by atoms with Gasteiger partial charge >= 0.3 is 5.97 Å². The van der Waals surface area contributed by atoms with Gasteiger partial charge in [0.1, 0.15) is 11.9 Å². The first-order chi connectivity index (χ1) is 7.10. The predicted molar refractivity (Wildman–Crippen MR) is 59.8 cm³/mol. The van der Waals surface area contributed by atoms with E-state index in [1.807, 2.05) is 22.6 Å². The molecule has 0 aliphatic rings. The SMILES string of the molecule is CCOC(=O)c1cc(C#N)c(F)cc1I. The van der Waals surface area contributed by atoms with Crippen molar-refractivity contribution in [2.24, 2.45) is 0 Å². The minimum Gasteiger partial charge on any atom is -0.462 e. The molecule has 0 heterocycles. The van der Waals surface area contributed by atoms with Gasteiger partial charge in [-0.05, 0) is 41.6 Å². The van der Waals surface area contributed by atoms with Crippen LogP contribution < -0.4 is 0 Å². The van der Waals surface area contributed by atoms with Crippen molar-refractivity contribution in [3.05, 3.63) is 32.6 Å². The van der Waals surface area contributed by atoms with Crippen LogP contribution in [0.5, 0.6) is 0 Å². The van der Waals surface area contributed by atoms with Gasteiger partial charge in [-0.15, -0.1) is 0 Å². The Morgan fingerprint density at radius 3 is 2.87 bits per heavy atom. The highest BCUT2D eigenvalue weighted by atomic mass is 127. The van der Waals surface area contributed by atoms with E-state index in [4.69, 9.17) is 10.00 Å². The first-order valence-electron chi connectivity index (χ1n) is 4.16. The van der Waals surface area contributed by atoms with E-state index in [0.29, 0.717) is 3.57 Å². The zero-order valence-electron chi connectivity index (χ0n) is 7.88. The van der Waals surface area contributed by atoms with Crippen LogP contribution in [0.15, 0.2) is 12.1 Å². The largest absolute Gasteiger partial charge is 0.462 e. The number of carbonyl (C=O) groups excluding carboxylic acids is 1. The number of esters is 1. The summed E-state index contributed by atoms with van der Waals surface area (Å²) in [5.41, 5.74) is 0.0638. The summed E-state index contributed by atoms with van der Waals surface area (Å²) in [5, 5.41) is 8.60. The lowest BCUT2D eigenvalue weighted by molar-refractivity contribution is 0.0525. The lowest BCUT2D eigenvalue weighted by Gasteiger charge is -2.04.